The minimum atomic E-state index is -1.86. The maximum Gasteiger partial charge on any atom is 0.228 e. The van der Waals surface area contributed by atoms with E-state index in [0.29, 0.717) is 24.4 Å². The summed E-state index contributed by atoms with van der Waals surface area (Å²) in [7, 11) is 0. The Morgan fingerprint density at radius 2 is 1.68 bits per heavy atom. The molecule has 1 rings (SSSR count). The lowest BCUT2D eigenvalue weighted by Crippen LogP contribution is -2.32. The predicted octanol–water partition coefficient (Wildman–Crippen LogP) is 5.03. The molecule has 1 aromatic rings. The van der Waals surface area contributed by atoms with Gasteiger partial charge in [0.1, 0.15) is 5.69 Å². The number of aromatic nitrogens is 3. The molecule has 110 valence electrons. The number of alkyl halides is 5. The third-order valence-electron chi connectivity index (χ3n) is 2.66. The van der Waals surface area contributed by atoms with Gasteiger partial charge < -0.3 is 0 Å². The van der Waals surface area contributed by atoms with Gasteiger partial charge in [0.05, 0.1) is 5.69 Å². The summed E-state index contributed by atoms with van der Waals surface area (Å²) in [6.45, 7) is 4.72. The van der Waals surface area contributed by atoms with Crippen LogP contribution >= 0.6 is 58.0 Å². The lowest BCUT2D eigenvalue weighted by Gasteiger charge is -2.28. The van der Waals surface area contributed by atoms with E-state index in [1.54, 1.807) is 4.68 Å². The summed E-state index contributed by atoms with van der Waals surface area (Å²) >= 11 is 30.2. The molecule has 0 saturated carbocycles. The number of unbranched alkanes of at least 4 members (excludes halogenated alkanes) is 1. The van der Waals surface area contributed by atoms with Gasteiger partial charge in [0.15, 0.2) is 0 Å². The molecule has 0 saturated heterocycles. The number of hydrogen-bond acceptors (Lipinski definition) is 2. The van der Waals surface area contributed by atoms with Crippen molar-refractivity contribution in [2.45, 2.75) is 54.2 Å². The molecular weight excluding hydrogens is 351 g/mol. The first-order chi connectivity index (χ1) is 8.75. The molecule has 3 nitrogen and oxygen atoms in total. The van der Waals surface area contributed by atoms with Gasteiger partial charge in [-0.15, -0.1) is 5.10 Å². The summed E-state index contributed by atoms with van der Waals surface area (Å²) in [6.07, 6.45) is 3.53. The largest absolute Gasteiger partial charge is 0.246 e. The Kier molecular flexibility index (Phi) is 6.53. The van der Waals surface area contributed by atoms with Crippen LogP contribution in [-0.4, -0.2) is 18.8 Å². The Labute approximate surface area is 138 Å². The minimum absolute atomic E-state index is 0.478. The predicted molar refractivity (Wildman–Crippen MR) is 82.6 cm³/mol. The molecule has 0 spiro atoms. The lowest BCUT2D eigenvalue weighted by molar-refractivity contribution is 0.542. The van der Waals surface area contributed by atoms with E-state index in [9.17, 15) is 0 Å². The highest BCUT2D eigenvalue weighted by atomic mass is 35.6. The van der Waals surface area contributed by atoms with Crippen LogP contribution in [0.4, 0.5) is 0 Å². The molecule has 1 heterocycles. The van der Waals surface area contributed by atoms with Gasteiger partial charge in [0, 0.05) is 6.54 Å². The Morgan fingerprint density at radius 3 is 2.16 bits per heavy atom. The fraction of sp³-hybridized carbons (Fsp3) is 0.818. The van der Waals surface area contributed by atoms with Crippen LogP contribution in [0.25, 0.3) is 0 Å². The number of aryl methyl sites for hydroxylation is 2. The highest BCUT2D eigenvalue weighted by Gasteiger charge is 2.51. The molecule has 19 heavy (non-hydrogen) atoms. The summed E-state index contributed by atoms with van der Waals surface area (Å²) < 4.78 is -1.92. The van der Waals surface area contributed by atoms with Crippen molar-refractivity contribution in [3.05, 3.63) is 11.4 Å². The summed E-state index contributed by atoms with van der Waals surface area (Å²) in [6, 6.07) is 0. The topological polar surface area (TPSA) is 30.7 Å². The molecule has 0 aliphatic carbocycles. The van der Waals surface area contributed by atoms with Crippen molar-refractivity contribution in [1.29, 1.82) is 0 Å². The third-order valence-corrected chi connectivity index (χ3v) is 5.02. The molecule has 0 aromatic carbocycles. The first-order valence-electron chi connectivity index (χ1n) is 6.13. The standard InChI is InChI=1S/C11H16Cl5N3/c1-3-5-6-8-9(10(12,13)11(14,15)16)19(7-4-2)18-17-8/h3-7H2,1-2H3. The molecule has 0 bridgehead atoms. The minimum Gasteiger partial charge on any atom is -0.246 e. The van der Waals surface area contributed by atoms with Gasteiger partial charge in [0.2, 0.25) is 8.13 Å². The Balaban J connectivity index is 3.23. The van der Waals surface area contributed by atoms with E-state index in [-0.39, 0.29) is 0 Å². The molecular formula is C11H16Cl5N3. The quantitative estimate of drug-likeness (QED) is 0.660. The van der Waals surface area contributed by atoms with Gasteiger partial charge in [-0.3, -0.25) is 0 Å². The number of rotatable bonds is 6. The van der Waals surface area contributed by atoms with E-state index in [1.807, 2.05) is 6.92 Å². The summed E-state index contributed by atoms with van der Waals surface area (Å²) in [5.41, 5.74) is 1.16. The second kappa shape index (κ2) is 7.04. The van der Waals surface area contributed by atoms with Crippen LogP contribution in [0.2, 0.25) is 0 Å². The van der Waals surface area contributed by atoms with Crippen LogP contribution in [0, 0.1) is 0 Å². The van der Waals surface area contributed by atoms with Gasteiger partial charge in [-0.2, -0.15) is 0 Å². The molecule has 0 atom stereocenters. The first kappa shape index (κ1) is 17.6. The van der Waals surface area contributed by atoms with Crippen LogP contribution < -0.4 is 0 Å². The SMILES string of the molecule is CCCCc1nnn(CCC)c1C(Cl)(Cl)C(Cl)(Cl)Cl. The van der Waals surface area contributed by atoms with E-state index in [0.717, 1.165) is 19.3 Å². The summed E-state index contributed by atoms with van der Waals surface area (Å²) in [4.78, 5) is 0. The van der Waals surface area contributed by atoms with Crippen molar-refractivity contribution in [3.63, 3.8) is 0 Å². The monoisotopic (exact) mass is 365 g/mol. The Hall–Kier alpha value is 0.590. The van der Waals surface area contributed by atoms with Crippen LogP contribution in [0.5, 0.6) is 0 Å². The molecule has 0 fully saturated rings. The van der Waals surface area contributed by atoms with Crippen molar-refractivity contribution in [3.8, 4) is 0 Å². The average molecular weight is 368 g/mol. The van der Waals surface area contributed by atoms with Crippen molar-refractivity contribution in [2.75, 3.05) is 0 Å². The Morgan fingerprint density at radius 1 is 1.05 bits per heavy atom. The highest BCUT2D eigenvalue weighted by molar-refractivity contribution is 6.75. The van der Waals surface area contributed by atoms with Crippen molar-refractivity contribution in [2.24, 2.45) is 0 Å². The summed E-state index contributed by atoms with van der Waals surface area (Å²) in [5, 5.41) is 8.18. The number of nitrogens with zero attached hydrogens (tertiary/aromatic N) is 3. The normalized spacial score (nSPS) is 13.0. The van der Waals surface area contributed by atoms with Crippen molar-refractivity contribution in [1.82, 2.24) is 15.0 Å². The van der Waals surface area contributed by atoms with Crippen molar-refractivity contribution >= 4 is 58.0 Å². The molecule has 0 amide bonds. The fourth-order valence-electron chi connectivity index (χ4n) is 1.71. The van der Waals surface area contributed by atoms with Crippen LogP contribution in [0.3, 0.4) is 0 Å². The van der Waals surface area contributed by atoms with E-state index >= 15 is 0 Å². The summed E-state index contributed by atoms with van der Waals surface area (Å²) in [5.74, 6) is 0. The van der Waals surface area contributed by atoms with E-state index < -0.39 is 8.13 Å². The van der Waals surface area contributed by atoms with E-state index in [4.69, 9.17) is 58.0 Å². The second-order valence-corrected chi connectivity index (χ2v) is 7.89. The third kappa shape index (κ3) is 4.04. The molecule has 0 aliphatic rings. The van der Waals surface area contributed by atoms with Crippen LogP contribution in [0.15, 0.2) is 0 Å². The van der Waals surface area contributed by atoms with Gasteiger partial charge in [0.25, 0.3) is 0 Å². The molecule has 1 aromatic heterocycles. The maximum atomic E-state index is 6.27. The highest BCUT2D eigenvalue weighted by Crippen LogP contribution is 2.53. The molecule has 8 heteroatoms. The van der Waals surface area contributed by atoms with E-state index in [1.165, 1.54) is 0 Å². The van der Waals surface area contributed by atoms with Crippen LogP contribution in [-0.2, 0) is 17.3 Å². The maximum absolute atomic E-state index is 6.27. The molecule has 0 aliphatic heterocycles. The van der Waals surface area contributed by atoms with Gasteiger partial charge in [-0.1, -0.05) is 83.5 Å². The molecule has 0 N–H and O–H groups in total. The average Bonchev–Trinajstić information content (AvgIpc) is 2.69. The Bertz CT molecular complexity index is 411. The number of hydrogen-bond donors (Lipinski definition) is 0. The van der Waals surface area contributed by atoms with Crippen molar-refractivity contribution < 1.29 is 0 Å². The lowest BCUT2D eigenvalue weighted by atomic mass is 10.1. The van der Waals surface area contributed by atoms with Gasteiger partial charge in [-0.25, -0.2) is 4.68 Å². The fourth-order valence-corrected chi connectivity index (χ4v) is 2.39. The smallest absolute Gasteiger partial charge is 0.228 e. The molecule has 0 radical (unpaired) electrons. The van der Waals surface area contributed by atoms with Gasteiger partial charge >= 0.3 is 0 Å². The van der Waals surface area contributed by atoms with Crippen LogP contribution in [0.1, 0.15) is 44.5 Å². The van der Waals surface area contributed by atoms with Gasteiger partial charge in [-0.05, 0) is 19.3 Å². The number of halogens is 5. The molecule has 0 unspecified atom stereocenters. The zero-order valence-corrected chi connectivity index (χ0v) is 14.5. The van der Waals surface area contributed by atoms with E-state index in [2.05, 4.69) is 17.2 Å². The zero-order valence-electron chi connectivity index (χ0n) is 10.8. The second-order valence-electron chi connectivity index (χ2n) is 4.28. The first-order valence-corrected chi connectivity index (χ1v) is 8.02. The zero-order chi connectivity index (χ0) is 14.7.